The lowest BCUT2D eigenvalue weighted by molar-refractivity contribution is 0.251. The number of carbonyl (C=O) groups is 1. The Kier molecular flexibility index (Phi) is 5.94. The molecule has 1 aliphatic heterocycles. The van der Waals surface area contributed by atoms with E-state index in [0.29, 0.717) is 11.6 Å². The highest BCUT2D eigenvalue weighted by atomic mass is 35.5. The van der Waals surface area contributed by atoms with Crippen LogP contribution in [0.2, 0.25) is 5.02 Å². The van der Waals surface area contributed by atoms with Crippen molar-refractivity contribution in [1.82, 2.24) is 14.8 Å². The number of benzene rings is 1. The second-order valence-electron chi connectivity index (χ2n) is 7.26. The first-order valence-electron chi connectivity index (χ1n) is 9.85. The lowest BCUT2D eigenvalue weighted by Gasteiger charge is -2.25. The minimum Gasteiger partial charge on any atom is -0.334 e. The van der Waals surface area contributed by atoms with Crippen molar-refractivity contribution in [1.29, 1.82) is 0 Å². The van der Waals surface area contributed by atoms with Gasteiger partial charge in [0.05, 0.1) is 0 Å². The van der Waals surface area contributed by atoms with Crippen molar-refractivity contribution in [2.75, 3.05) is 18.4 Å². The monoisotopic (exact) mass is 428 g/mol. The number of rotatable bonds is 5. The largest absolute Gasteiger partial charge is 0.334 e. The first-order chi connectivity index (χ1) is 14.0. The average molecular weight is 429 g/mol. The summed E-state index contributed by atoms with van der Waals surface area (Å²) in [5.74, 6) is 0. The molecule has 2 aromatic heterocycles. The lowest BCUT2D eigenvalue weighted by Crippen LogP contribution is -2.31. The van der Waals surface area contributed by atoms with Crippen molar-refractivity contribution in [3.05, 3.63) is 69.3 Å². The Morgan fingerprint density at radius 2 is 2.07 bits per heavy atom. The molecule has 0 saturated carbocycles. The van der Waals surface area contributed by atoms with Gasteiger partial charge in [0, 0.05) is 53.2 Å². The molecule has 3 aromatic rings. The van der Waals surface area contributed by atoms with E-state index in [0.717, 1.165) is 37.3 Å². The standard InChI is InChI=1S/C22H25ClN4OS/c1-3-26-11-8-17-18(21(29-20(17)14-26)27-9-4-5-10-27)13-24-22(28)25-19-12-16(23)7-6-15(19)2/h4-7,9-10,12H,3,8,11,13-14H2,1-2H3,(H2,24,25,28). The third-order valence-electron chi connectivity index (χ3n) is 5.38. The van der Waals surface area contributed by atoms with Gasteiger partial charge in [-0.05, 0) is 55.3 Å². The number of amides is 2. The molecule has 5 nitrogen and oxygen atoms in total. The highest BCUT2D eigenvalue weighted by molar-refractivity contribution is 7.14. The van der Waals surface area contributed by atoms with E-state index in [1.165, 1.54) is 21.0 Å². The number of fused-ring (bicyclic) bond motifs is 1. The Labute approximate surface area is 180 Å². The molecule has 3 heterocycles. The minimum atomic E-state index is -0.222. The number of carbonyl (C=O) groups excluding carboxylic acids is 1. The number of nitrogens with zero attached hydrogens (tertiary/aromatic N) is 2. The van der Waals surface area contributed by atoms with Gasteiger partial charge in [0.1, 0.15) is 5.00 Å². The fraction of sp³-hybridized carbons (Fsp3) is 0.318. The van der Waals surface area contributed by atoms with Gasteiger partial charge in [0.2, 0.25) is 0 Å². The fourth-order valence-electron chi connectivity index (χ4n) is 3.70. The van der Waals surface area contributed by atoms with Gasteiger partial charge in [-0.15, -0.1) is 11.3 Å². The molecule has 4 rings (SSSR count). The number of anilines is 1. The van der Waals surface area contributed by atoms with E-state index in [9.17, 15) is 4.79 Å². The maximum absolute atomic E-state index is 12.6. The van der Waals surface area contributed by atoms with E-state index >= 15 is 0 Å². The van der Waals surface area contributed by atoms with Crippen LogP contribution in [0.25, 0.3) is 5.00 Å². The Morgan fingerprint density at radius 3 is 2.83 bits per heavy atom. The molecule has 2 N–H and O–H groups in total. The molecule has 0 fully saturated rings. The molecular formula is C22H25ClN4OS. The number of likely N-dealkylation sites (N-methyl/N-ethyl adjacent to an activating group) is 1. The predicted octanol–water partition coefficient (Wildman–Crippen LogP) is 5.20. The lowest BCUT2D eigenvalue weighted by atomic mass is 10.0. The number of nitrogens with one attached hydrogen (secondary N) is 2. The number of halogens is 1. The van der Waals surface area contributed by atoms with Gasteiger partial charge < -0.3 is 15.2 Å². The van der Waals surface area contributed by atoms with Crippen molar-refractivity contribution in [2.24, 2.45) is 0 Å². The van der Waals surface area contributed by atoms with Crippen LogP contribution in [-0.2, 0) is 19.5 Å². The molecular weight excluding hydrogens is 404 g/mol. The summed E-state index contributed by atoms with van der Waals surface area (Å²) >= 11 is 7.89. The van der Waals surface area contributed by atoms with Crippen LogP contribution in [0.15, 0.2) is 42.7 Å². The Bertz CT molecular complexity index is 1010. The van der Waals surface area contributed by atoms with Gasteiger partial charge >= 0.3 is 6.03 Å². The first kappa shape index (κ1) is 20.0. The molecule has 0 atom stereocenters. The van der Waals surface area contributed by atoms with Crippen molar-refractivity contribution >= 4 is 34.7 Å². The molecule has 1 aliphatic rings. The maximum Gasteiger partial charge on any atom is 0.319 e. The molecule has 1 aromatic carbocycles. The summed E-state index contributed by atoms with van der Waals surface area (Å²) in [6.45, 7) is 7.76. The molecule has 0 saturated heterocycles. The second-order valence-corrected chi connectivity index (χ2v) is 8.78. The van der Waals surface area contributed by atoms with Crippen LogP contribution >= 0.6 is 22.9 Å². The molecule has 0 spiro atoms. The summed E-state index contributed by atoms with van der Waals surface area (Å²) < 4.78 is 2.15. The predicted molar refractivity (Wildman–Crippen MR) is 120 cm³/mol. The molecule has 152 valence electrons. The van der Waals surface area contributed by atoms with E-state index in [1.807, 2.05) is 42.5 Å². The van der Waals surface area contributed by atoms with Gasteiger partial charge in [-0.1, -0.05) is 24.6 Å². The zero-order valence-corrected chi connectivity index (χ0v) is 18.2. The van der Waals surface area contributed by atoms with E-state index in [2.05, 4.69) is 39.4 Å². The fourth-order valence-corrected chi connectivity index (χ4v) is 5.25. The van der Waals surface area contributed by atoms with Gasteiger partial charge in [0.25, 0.3) is 0 Å². The Morgan fingerprint density at radius 1 is 1.28 bits per heavy atom. The molecule has 0 bridgehead atoms. The van der Waals surface area contributed by atoms with Crippen molar-refractivity contribution in [3.63, 3.8) is 0 Å². The third kappa shape index (κ3) is 4.34. The molecule has 2 amide bonds. The molecule has 0 aliphatic carbocycles. The number of aromatic nitrogens is 1. The van der Waals surface area contributed by atoms with E-state index in [1.54, 1.807) is 6.07 Å². The first-order valence-corrected chi connectivity index (χ1v) is 11.0. The van der Waals surface area contributed by atoms with Gasteiger partial charge in [0.15, 0.2) is 0 Å². The quantitative estimate of drug-likeness (QED) is 0.586. The van der Waals surface area contributed by atoms with Gasteiger partial charge in [-0.2, -0.15) is 0 Å². The summed E-state index contributed by atoms with van der Waals surface area (Å²) in [6, 6.07) is 9.33. The zero-order chi connectivity index (χ0) is 20.4. The molecule has 0 unspecified atom stereocenters. The number of thiophene rings is 1. The van der Waals surface area contributed by atoms with Gasteiger partial charge in [-0.25, -0.2) is 4.79 Å². The van der Waals surface area contributed by atoms with E-state index < -0.39 is 0 Å². The van der Waals surface area contributed by atoms with Crippen molar-refractivity contribution in [3.8, 4) is 5.00 Å². The summed E-state index contributed by atoms with van der Waals surface area (Å²) in [4.78, 5) is 16.4. The average Bonchev–Trinajstić information content (AvgIpc) is 3.36. The Balaban J connectivity index is 1.54. The van der Waals surface area contributed by atoms with E-state index in [4.69, 9.17) is 11.6 Å². The Hall–Kier alpha value is -2.28. The number of urea groups is 1. The maximum atomic E-state index is 12.6. The molecule has 29 heavy (non-hydrogen) atoms. The summed E-state index contributed by atoms with van der Waals surface area (Å²) in [6.07, 6.45) is 5.15. The smallest absolute Gasteiger partial charge is 0.319 e. The summed E-state index contributed by atoms with van der Waals surface area (Å²) in [7, 11) is 0. The van der Waals surface area contributed by atoms with Crippen molar-refractivity contribution < 1.29 is 4.79 Å². The number of aryl methyl sites for hydroxylation is 1. The van der Waals surface area contributed by atoms with Crippen LogP contribution in [0.5, 0.6) is 0 Å². The number of hydrogen-bond donors (Lipinski definition) is 2. The van der Waals surface area contributed by atoms with E-state index in [-0.39, 0.29) is 6.03 Å². The van der Waals surface area contributed by atoms with Crippen LogP contribution in [0.4, 0.5) is 10.5 Å². The highest BCUT2D eigenvalue weighted by Gasteiger charge is 2.24. The topological polar surface area (TPSA) is 49.3 Å². The van der Waals surface area contributed by atoms with Gasteiger partial charge in [-0.3, -0.25) is 4.90 Å². The van der Waals surface area contributed by atoms with Crippen LogP contribution in [-0.4, -0.2) is 28.6 Å². The van der Waals surface area contributed by atoms with Crippen LogP contribution in [0, 0.1) is 6.92 Å². The molecule has 7 heteroatoms. The second kappa shape index (κ2) is 8.61. The van der Waals surface area contributed by atoms with Crippen LogP contribution < -0.4 is 10.6 Å². The van der Waals surface area contributed by atoms with Crippen molar-refractivity contribution in [2.45, 2.75) is 33.4 Å². The normalized spacial score (nSPS) is 13.9. The summed E-state index contributed by atoms with van der Waals surface area (Å²) in [5, 5.41) is 7.76. The van der Waals surface area contributed by atoms with Crippen LogP contribution in [0.1, 0.15) is 28.5 Å². The SMILES string of the molecule is CCN1CCc2c(sc(-n3cccc3)c2CNC(=O)Nc2cc(Cl)ccc2C)C1. The zero-order valence-electron chi connectivity index (χ0n) is 16.7. The minimum absolute atomic E-state index is 0.222. The summed E-state index contributed by atoms with van der Waals surface area (Å²) in [5.41, 5.74) is 4.31. The van der Waals surface area contributed by atoms with Crippen LogP contribution in [0.3, 0.4) is 0 Å². The molecule has 0 radical (unpaired) electrons. The number of hydrogen-bond acceptors (Lipinski definition) is 3. The highest BCUT2D eigenvalue weighted by Crippen LogP contribution is 2.35. The third-order valence-corrected chi connectivity index (χ3v) is 6.89.